The number of amides is 1. The van der Waals surface area contributed by atoms with Crippen LogP contribution in [-0.2, 0) is 11.3 Å². The molecule has 5 heteroatoms. The second kappa shape index (κ2) is 7.62. The highest BCUT2D eigenvalue weighted by Crippen LogP contribution is 2.08. The minimum atomic E-state index is -0.110. The summed E-state index contributed by atoms with van der Waals surface area (Å²) in [4.78, 5) is 26.3. The fourth-order valence-corrected chi connectivity index (χ4v) is 3.66. The predicted octanol–water partition coefficient (Wildman–Crippen LogP) is 0.575. The van der Waals surface area contributed by atoms with Gasteiger partial charge in [0, 0.05) is 18.0 Å². The fourth-order valence-electron chi connectivity index (χ4n) is 3.66. The van der Waals surface area contributed by atoms with E-state index in [4.69, 9.17) is 0 Å². The van der Waals surface area contributed by atoms with Gasteiger partial charge in [0.2, 0.25) is 5.91 Å². The number of hydrogen-bond donors (Lipinski definition) is 2. The van der Waals surface area contributed by atoms with Gasteiger partial charge in [0.25, 0.3) is 5.56 Å². The van der Waals surface area contributed by atoms with Gasteiger partial charge in [-0.1, -0.05) is 18.2 Å². The largest absolute Gasteiger partial charge is 0.349 e. The number of benzene rings is 1. The Hall–Kier alpha value is -2.14. The molecule has 0 bridgehead atoms. The van der Waals surface area contributed by atoms with Crippen molar-refractivity contribution in [3.05, 3.63) is 46.9 Å². The van der Waals surface area contributed by atoms with Gasteiger partial charge in [0.05, 0.1) is 19.6 Å². The van der Waals surface area contributed by atoms with E-state index in [0.29, 0.717) is 18.0 Å². The van der Waals surface area contributed by atoms with Crippen molar-refractivity contribution >= 4 is 16.7 Å². The molecule has 0 aliphatic carbocycles. The summed E-state index contributed by atoms with van der Waals surface area (Å²) in [5.74, 6) is -0.0894. The van der Waals surface area contributed by atoms with Crippen LogP contribution in [0.15, 0.2) is 41.3 Å². The third-order valence-corrected chi connectivity index (χ3v) is 5.08. The van der Waals surface area contributed by atoms with E-state index in [0.717, 1.165) is 11.9 Å². The zero-order valence-electron chi connectivity index (χ0n) is 14.3. The van der Waals surface area contributed by atoms with E-state index in [1.165, 1.54) is 30.4 Å². The Balaban J connectivity index is 1.63. The van der Waals surface area contributed by atoms with Crippen molar-refractivity contribution in [2.75, 3.05) is 19.6 Å². The van der Waals surface area contributed by atoms with Crippen LogP contribution in [0, 0.1) is 0 Å². The number of nitrogens with one attached hydrogen (secondary N) is 2. The monoisotopic (exact) mass is 328 g/mol. The molecule has 1 aliphatic rings. The van der Waals surface area contributed by atoms with Gasteiger partial charge in [-0.25, -0.2) is 0 Å². The molecule has 0 radical (unpaired) electrons. The molecule has 2 atom stereocenters. The predicted molar refractivity (Wildman–Crippen MR) is 95.2 cm³/mol. The Labute approximate surface area is 142 Å². The molecule has 1 aromatic carbocycles. The number of nitrogens with zero attached hydrogens (tertiary/aromatic N) is 1. The highest BCUT2D eigenvalue weighted by Gasteiger charge is 2.24. The number of likely N-dealkylation sites (tertiary alicyclic amines) is 1. The molecular formula is C19H26N3O2+. The summed E-state index contributed by atoms with van der Waals surface area (Å²) in [5, 5.41) is 4.58. The van der Waals surface area contributed by atoms with E-state index in [-0.39, 0.29) is 18.0 Å². The van der Waals surface area contributed by atoms with E-state index in [2.05, 4.69) is 12.2 Å². The van der Waals surface area contributed by atoms with Gasteiger partial charge >= 0.3 is 0 Å². The van der Waals surface area contributed by atoms with Crippen molar-refractivity contribution in [1.29, 1.82) is 0 Å². The molecule has 24 heavy (non-hydrogen) atoms. The summed E-state index contributed by atoms with van der Waals surface area (Å²) in [6.07, 6.45) is 5.39. The molecule has 5 nitrogen and oxygen atoms in total. The van der Waals surface area contributed by atoms with Crippen LogP contribution >= 0.6 is 0 Å². The van der Waals surface area contributed by atoms with Gasteiger partial charge in [-0.2, -0.15) is 0 Å². The van der Waals surface area contributed by atoms with Gasteiger partial charge in [0.1, 0.15) is 12.6 Å². The van der Waals surface area contributed by atoms with Crippen LogP contribution in [0.2, 0.25) is 0 Å². The van der Waals surface area contributed by atoms with E-state index < -0.39 is 0 Å². The number of hydrogen-bond acceptors (Lipinski definition) is 2. The average molecular weight is 328 g/mol. The van der Waals surface area contributed by atoms with Gasteiger partial charge in [0.15, 0.2) is 0 Å². The molecule has 1 aromatic heterocycles. The number of piperidine rings is 1. The molecule has 2 N–H and O–H groups in total. The van der Waals surface area contributed by atoms with Crippen LogP contribution in [0.5, 0.6) is 0 Å². The molecule has 2 heterocycles. The van der Waals surface area contributed by atoms with Crippen molar-refractivity contribution in [1.82, 2.24) is 9.88 Å². The van der Waals surface area contributed by atoms with Gasteiger partial charge in [-0.3, -0.25) is 9.59 Å². The molecule has 3 rings (SSSR count). The molecule has 1 fully saturated rings. The second-order valence-corrected chi connectivity index (χ2v) is 6.59. The SMILES string of the molecule is CC[NH+]1CCCCC1CNC(=O)Cn1ccc2ccccc2c1=O. The molecule has 0 saturated carbocycles. The molecule has 128 valence electrons. The van der Waals surface area contributed by atoms with E-state index in [1.807, 2.05) is 24.3 Å². The Morgan fingerprint density at radius 1 is 1.29 bits per heavy atom. The van der Waals surface area contributed by atoms with Crippen molar-refractivity contribution in [3.63, 3.8) is 0 Å². The van der Waals surface area contributed by atoms with Crippen LogP contribution in [0.1, 0.15) is 26.2 Å². The van der Waals surface area contributed by atoms with Crippen LogP contribution in [0.3, 0.4) is 0 Å². The van der Waals surface area contributed by atoms with E-state index >= 15 is 0 Å². The first kappa shape index (κ1) is 16.7. The van der Waals surface area contributed by atoms with Gasteiger partial charge in [-0.15, -0.1) is 0 Å². The Morgan fingerprint density at radius 2 is 2.12 bits per heavy atom. The number of carbonyl (C=O) groups excluding carboxylic acids is 1. The summed E-state index contributed by atoms with van der Waals surface area (Å²) in [5.41, 5.74) is -0.110. The van der Waals surface area contributed by atoms with Crippen molar-refractivity contribution in [2.24, 2.45) is 0 Å². The minimum Gasteiger partial charge on any atom is -0.349 e. The molecule has 0 spiro atoms. The summed E-state index contributed by atoms with van der Waals surface area (Å²) >= 11 is 0. The minimum absolute atomic E-state index is 0.0812. The summed E-state index contributed by atoms with van der Waals surface area (Å²) in [6, 6.07) is 9.85. The summed E-state index contributed by atoms with van der Waals surface area (Å²) in [7, 11) is 0. The third-order valence-electron chi connectivity index (χ3n) is 5.08. The van der Waals surface area contributed by atoms with Crippen LogP contribution < -0.4 is 15.8 Å². The summed E-state index contributed by atoms with van der Waals surface area (Å²) < 4.78 is 1.49. The van der Waals surface area contributed by atoms with Crippen molar-refractivity contribution < 1.29 is 9.69 Å². The van der Waals surface area contributed by atoms with Crippen LogP contribution in [0.4, 0.5) is 0 Å². The zero-order valence-corrected chi connectivity index (χ0v) is 14.3. The Kier molecular flexibility index (Phi) is 5.30. The molecule has 2 aromatic rings. The first-order chi connectivity index (χ1) is 11.7. The smallest absolute Gasteiger partial charge is 0.258 e. The van der Waals surface area contributed by atoms with Crippen LogP contribution in [-0.4, -0.2) is 36.2 Å². The topological polar surface area (TPSA) is 55.5 Å². The number of carbonyl (C=O) groups is 1. The third kappa shape index (κ3) is 3.67. The van der Waals surface area contributed by atoms with Crippen LogP contribution in [0.25, 0.3) is 10.8 Å². The number of fused-ring (bicyclic) bond motifs is 1. The maximum absolute atomic E-state index is 12.4. The average Bonchev–Trinajstić information content (AvgIpc) is 2.63. The summed E-state index contributed by atoms with van der Waals surface area (Å²) in [6.45, 7) is 5.28. The van der Waals surface area contributed by atoms with Gasteiger partial charge in [-0.05, 0) is 37.3 Å². The number of rotatable bonds is 5. The van der Waals surface area contributed by atoms with Crippen molar-refractivity contribution in [2.45, 2.75) is 38.8 Å². The quantitative estimate of drug-likeness (QED) is 0.843. The number of aromatic nitrogens is 1. The molecule has 2 unspecified atom stereocenters. The second-order valence-electron chi connectivity index (χ2n) is 6.59. The number of likely N-dealkylation sites (N-methyl/N-ethyl adjacent to an activating group) is 1. The first-order valence-electron chi connectivity index (χ1n) is 8.88. The normalized spacial score (nSPS) is 20.9. The lowest BCUT2D eigenvalue weighted by Crippen LogP contribution is -3.17. The number of quaternary nitrogens is 1. The molecule has 1 saturated heterocycles. The zero-order chi connectivity index (χ0) is 16.9. The van der Waals surface area contributed by atoms with E-state index in [9.17, 15) is 9.59 Å². The maximum Gasteiger partial charge on any atom is 0.258 e. The lowest BCUT2D eigenvalue weighted by atomic mass is 10.0. The lowest BCUT2D eigenvalue weighted by Gasteiger charge is -2.31. The molecular weight excluding hydrogens is 302 g/mol. The highest BCUT2D eigenvalue weighted by molar-refractivity contribution is 5.82. The van der Waals surface area contributed by atoms with Gasteiger partial charge < -0.3 is 14.8 Å². The fraction of sp³-hybridized carbons (Fsp3) is 0.474. The first-order valence-corrected chi connectivity index (χ1v) is 8.88. The van der Waals surface area contributed by atoms with Crippen molar-refractivity contribution in [3.8, 4) is 0 Å². The lowest BCUT2D eigenvalue weighted by molar-refractivity contribution is -0.927. The number of pyridine rings is 1. The standard InChI is InChI=1S/C19H25N3O2/c1-2-21-11-6-5-8-16(21)13-20-18(23)14-22-12-10-15-7-3-4-9-17(15)19(22)24/h3-4,7,9-10,12,16H,2,5-6,8,11,13-14H2,1H3,(H,20,23)/p+1. The van der Waals surface area contributed by atoms with E-state index in [1.54, 1.807) is 17.2 Å². The Morgan fingerprint density at radius 3 is 2.96 bits per heavy atom. The maximum atomic E-state index is 12.4. The highest BCUT2D eigenvalue weighted by atomic mass is 16.2. The molecule has 1 amide bonds. The Bertz CT molecular complexity index is 769. The molecule has 1 aliphatic heterocycles.